The molecule has 8 heteroatoms. The van der Waals surface area contributed by atoms with E-state index in [9.17, 15) is 18.3 Å². The van der Waals surface area contributed by atoms with Gasteiger partial charge in [0, 0.05) is 5.92 Å². The van der Waals surface area contributed by atoms with Crippen molar-refractivity contribution in [2.75, 3.05) is 4.72 Å². The van der Waals surface area contributed by atoms with Crippen molar-refractivity contribution >= 4 is 21.7 Å². The minimum Gasteiger partial charge on any atom is -0.478 e. The van der Waals surface area contributed by atoms with E-state index < -0.39 is 16.0 Å². The Morgan fingerprint density at radius 2 is 1.62 bits per heavy atom. The van der Waals surface area contributed by atoms with E-state index in [4.69, 9.17) is 0 Å². The molecule has 4 aromatic rings. The molecule has 1 aromatic heterocycles. The first kappa shape index (κ1) is 24.8. The number of nitrogens with one attached hydrogen (secondary N) is 1. The Labute approximate surface area is 216 Å². The highest BCUT2D eigenvalue weighted by molar-refractivity contribution is 7.92. The van der Waals surface area contributed by atoms with E-state index in [2.05, 4.69) is 22.0 Å². The molecule has 1 heterocycles. The summed E-state index contributed by atoms with van der Waals surface area (Å²) in [5.41, 5.74) is 6.19. The number of nitrogens with zero attached hydrogens (tertiary/aromatic N) is 2. The Morgan fingerprint density at radius 1 is 0.946 bits per heavy atom. The van der Waals surface area contributed by atoms with Crippen LogP contribution >= 0.6 is 0 Å². The third-order valence-corrected chi connectivity index (χ3v) is 8.97. The topological polar surface area (TPSA) is 101 Å². The van der Waals surface area contributed by atoms with Crippen molar-refractivity contribution in [3.05, 3.63) is 106 Å². The molecule has 2 N–H and O–H groups in total. The van der Waals surface area contributed by atoms with Gasteiger partial charge in [-0.3, -0.25) is 4.72 Å². The largest absolute Gasteiger partial charge is 0.478 e. The second kappa shape index (κ2) is 9.19. The molecular formula is C29H29N3O4S. The zero-order chi connectivity index (χ0) is 26.5. The van der Waals surface area contributed by atoms with Crippen molar-refractivity contribution in [3.63, 3.8) is 0 Å². The van der Waals surface area contributed by atoms with Crippen LogP contribution in [0.4, 0.5) is 5.69 Å². The number of hydrogen-bond donors (Lipinski definition) is 2. The van der Waals surface area contributed by atoms with Gasteiger partial charge < -0.3 is 5.11 Å². The Morgan fingerprint density at radius 3 is 2.27 bits per heavy atom. The third kappa shape index (κ3) is 4.53. The lowest BCUT2D eigenvalue weighted by molar-refractivity contribution is 0.0695. The Bertz CT molecular complexity index is 1600. The molecule has 0 bridgehead atoms. The van der Waals surface area contributed by atoms with Crippen molar-refractivity contribution < 1.29 is 18.3 Å². The van der Waals surface area contributed by atoms with Crippen LogP contribution in [0.1, 0.15) is 62.1 Å². The molecule has 3 aromatic carbocycles. The predicted molar refractivity (Wildman–Crippen MR) is 143 cm³/mol. The molecule has 1 fully saturated rings. The zero-order valence-corrected chi connectivity index (χ0v) is 22.0. The molecule has 1 saturated carbocycles. The summed E-state index contributed by atoms with van der Waals surface area (Å²) in [5, 5.41) is 14.2. The van der Waals surface area contributed by atoms with E-state index in [1.807, 2.05) is 52.0 Å². The molecule has 7 nitrogen and oxygen atoms in total. The van der Waals surface area contributed by atoms with Gasteiger partial charge in [-0.25, -0.2) is 17.9 Å². The maximum atomic E-state index is 13.5. The SMILES string of the molecule is Cc1cc(C)c(C)c(S(=O)(=O)Nc2cccc(-n3ncc(C(=O)O)c3[C@H]3C[C@@H]3c3ccccc3)c2)c1C. The van der Waals surface area contributed by atoms with Crippen LogP contribution in [0.15, 0.2) is 71.8 Å². The number of aryl methyl sites for hydroxylation is 2. The second-order valence-corrected chi connectivity index (χ2v) is 11.4. The van der Waals surface area contributed by atoms with Crippen molar-refractivity contribution in [2.45, 2.75) is 50.8 Å². The molecule has 5 rings (SSSR count). The van der Waals surface area contributed by atoms with Crippen LogP contribution in [0, 0.1) is 27.7 Å². The number of aromatic nitrogens is 2. The van der Waals surface area contributed by atoms with Crippen LogP contribution in [0.3, 0.4) is 0 Å². The lowest BCUT2D eigenvalue weighted by atomic mass is 10.0. The normalized spacial score (nSPS) is 17.0. The molecule has 0 amide bonds. The quantitative estimate of drug-likeness (QED) is 0.320. The molecule has 0 saturated heterocycles. The smallest absolute Gasteiger partial charge is 0.339 e. The van der Waals surface area contributed by atoms with Crippen molar-refractivity contribution in [2.24, 2.45) is 0 Å². The highest BCUT2D eigenvalue weighted by Gasteiger charge is 2.44. The van der Waals surface area contributed by atoms with Gasteiger partial charge in [-0.2, -0.15) is 5.10 Å². The van der Waals surface area contributed by atoms with Crippen LogP contribution in [0.2, 0.25) is 0 Å². The number of benzene rings is 3. The fourth-order valence-corrected chi connectivity index (χ4v) is 6.81. The number of anilines is 1. The minimum absolute atomic E-state index is 0.0110. The zero-order valence-electron chi connectivity index (χ0n) is 21.2. The average Bonchev–Trinajstić information content (AvgIpc) is 3.52. The second-order valence-electron chi connectivity index (χ2n) is 9.77. The van der Waals surface area contributed by atoms with Crippen LogP contribution in [-0.4, -0.2) is 29.3 Å². The lowest BCUT2D eigenvalue weighted by Gasteiger charge is -2.17. The summed E-state index contributed by atoms with van der Waals surface area (Å²) in [4.78, 5) is 12.3. The van der Waals surface area contributed by atoms with Gasteiger partial charge in [-0.1, -0.05) is 42.5 Å². The van der Waals surface area contributed by atoms with E-state index in [1.54, 1.807) is 28.9 Å². The van der Waals surface area contributed by atoms with Gasteiger partial charge in [0.25, 0.3) is 10.0 Å². The van der Waals surface area contributed by atoms with Gasteiger partial charge in [0.1, 0.15) is 5.56 Å². The highest BCUT2D eigenvalue weighted by Crippen LogP contribution is 2.55. The molecule has 0 spiro atoms. The number of carboxylic acid groups (broad SMARTS) is 1. The number of carboxylic acids is 1. The van der Waals surface area contributed by atoms with Crippen LogP contribution in [-0.2, 0) is 10.0 Å². The molecule has 0 aliphatic heterocycles. The average molecular weight is 516 g/mol. The molecule has 1 aliphatic rings. The van der Waals surface area contributed by atoms with Crippen LogP contribution in [0.25, 0.3) is 5.69 Å². The summed E-state index contributed by atoms with van der Waals surface area (Å²) < 4.78 is 31.3. The Hall–Kier alpha value is -3.91. The summed E-state index contributed by atoms with van der Waals surface area (Å²) in [7, 11) is -3.86. The highest BCUT2D eigenvalue weighted by atomic mass is 32.2. The standard InChI is InChI=1S/C29H29N3O4S/c1-17-13-18(2)20(4)28(19(17)3)37(35,36)31-22-11-8-12-23(14-22)32-27(26(16-30-32)29(33)34)25-15-24(25)21-9-6-5-7-10-21/h5-14,16,24-25,31H,15H2,1-4H3,(H,33,34)/t24-,25+/m1/s1. The van der Waals surface area contributed by atoms with Gasteiger partial charge in [0.2, 0.25) is 0 Å². The summed E-state index contributed by atoms with van der Waals surface area (Å²) in [6.07, 6.45) is 2.20. The Kier molecular flexibility index (Phi) is 6.15. The maximum Gasteiger partial charge on any atom is 0.339 e. The molecule has 1 aliphatic carbocycles. The van der Waals surface area contributed by atoms with E-state index in [0.29, 0.717) is 28.2 Å². The summed E-state index contributed by atoms with van der Waals surface area (Å²) >= 11 is 0. The third-order valence-electron chi connectivity index (χ3n) is 7.32. The number of aromatic carboxylic acids is 1. The van der Waals surface area contributed by atoms with Crippen molar-refractivity contribution in [1.82, 2.24) is 9.78 Å². The molecular weight excluding hydrogens is 486 g/mol. The van der Waals surface area contributed by atoms with E-state index in [0.717, 1.165) is 23.1 Å². The van der Waals surface area contributed by atoms with Gasteiger partial charge in [0.05, 0.1) is 28.2 Å². The predicted octanol–water partition coefficient (Wildman–Crippen LogP) is 5.88. The molecule has 0 unspecified atom stereocenters. The monoisotopic (exact) mass is 515 g/mol. The van der Waals surface area contributed by atoms with Crippen LogP contribution in [0.5, 0.6) is 0 Å². The van der Waals surface area contributed by atoms with Gasteiger partial charge >= 0.3 is 5.97 Å². The van der Waals surface area contributed by atoms with E-state index in [-0.39, 0.29) is 22.3 Å². The number of hydrogen-bond acceptors (Lipinski definition) is 4. The molecule has 37 heavy (non-hydrogen) atoms. The first-order valence-electron chi connectivity index (χ1n) is 12.1. The molecule has 0 radical (unpaired) electrons. The van der Waals surface area contributed by atoms with Gasteiger partial charge in [0.15, 0.2) is 0 Å². The summed E-state index contributed by atoms with van der Waals surface area (Å²) in [6, 6.07) is 18.9. The minimum atomic E-state index is -3.86. The van der Waals surface area contributed by atoms with Crippen molar-refractivity contribution in [3.8, 4) is 5.69 Å². The van der Waals surface area contributed by atoms with Crippen molar-refractivity contribution in [1.29, 1.82) is 0 Å². The fourth-order valence-electron chi connectivity index (χ4n) is 5.14. The lowest BCUT2D eigenvalue weighted by Crippen LogP contribution is -2.17. The van der Waals surface area contributed by atoms with Crippen LogP contribution < -0.4 is 4.72 Å². The maximum absolute atomic E-state index is 13.5. The van der Waals surface area contributed by atoms with E-state index in [1.165, 1.54) is 6.20 Å². The van der Waals surface area contributed by atoms with E-state index >= 15 is 0 Å². The molecule has 190 valence electrons. The fraction of sp³-hybridized carbons (Fsp3) is 0.241. The van der Waals surface area contributed by atoms with Gasteiger partial charge in [-0.15, -0.1) is 0 Å². The number of sulfonamides is 1. The first-order chi connectivity index (χ1) is 17.6. The number of rotatable bonds is 7. The van der Waals surface area contributed by atoms with Gasteiger partial charge in [-0.05, 0) is 86.1 Å². The molecule has 2 atom stereocenters. The Balaban J connectivity index is 1.51. The first-order valence-corrected chi connectivity index (χ1v) is 13.6. The summed E-state index contributed by atoms with van der Waals surface area (Å²) in [5.74, 6) is -0.804. The summed E-state index contributed by atoms with van der Waals surface area (Å²) in [6.45, 7) is 7.44. The number of carbonyl (C=O) groups is 1.